The van der Waals surface area contributed by atoms with Gasteiger partial charge in [0.05, 0.1) is 19.2 Å². The highest BCUT2D eigenvalue weighted by atomic mass is 16.5. The van der Waals surface area contributed by atoms with Crippen LogP contribution in [0.15, 0.2) is 11.6 Å². The summed E-state index contributed by atoms with van der Waals surface area (Å²) >= 11 is 0. The van der Waals surface area contributed by atoms with E-state index in [0.29, 0.717) is 13.2 Å². The molecule has 1 aromatic rings. The first-order chi connectivity index (χ1) is 13.2. The SMILES string of the molecule is CCN(CC(=O)NC(C)C)C(=O)/C(C#N)=C/c1cc(C)n(C(C)COC)c1C. The van der Waals surface area contributed by atoms with Crippen LogP contribution in [0.3, 0.4) is 0 Å². The fraction of sp³-hybridized carbons (Fsp3) is 0.571. The van der Waals surface area contributed by atoms with E-state index in [1.165, 1.54) is 4.90 Å². The molecule has 7 heteroatoms. The first kappa shape index (κ1) is 23.4. The molecule has 1 N–H and O–H groups in total. The van der Waals surface area contributed by atoms with Gasteiger partial charge < -0.3 is 19.5 Å². The minimum Gasteiger partial charge on any atom is -0.383 e. The predicted octanol–water partition coefficient (Wildman–Crippen LogP) is 2.59. The van der Waals surface area contributed by atoms with Crippen LogP contribution in [-0.2, 0) is 14.3 Å². The molecule has 1 unspecified atom stereocenters. The number of aryl methyl sites for hydroxylation is 1. The number of ether oxygens (including phenoxy) is 1. The molecule has 0 aliphatic rings. The molecule has 28 heavy (non-hydrogen) atoms. The number of hydrogen-bond acceptors (Lipinski definition) is 4. The molecule has 1 aromatic heterocycles. The van der Waals surface area contributed by atoms with Gasteiger partial charge in [-0.3, -0.25) is 9.59 Å². The Bertz CT molecular complexity index is 771. The molecule has 0 aromatic carbocycles. The summed E-state index contributed by atoms with van der Waals surface area (Å²) in [5.74, 6) is -0.687. The zero-order valence-electron chi connectivity index (χ0n) is 18.0. The molecule has 0 aliphatic heterocycles. The monoisotopic (exact) mass is 388 g/mol. The third-order valence-corrected chi connectivity index (χ3v) is 4.48. The summed E-state index contributed by atoms with van der Waals surface area (Å²) in [5.41, 5.74) is 2.82. The van der Waals surface area contributed by atoms with Gasteiger partial charge in [-0.2, -0.15) is 5.26 Å². The molecule has 0 saturated heterocycles. The molecule has 154 valence electrons. The normalized spacial score (nSPS) is 12.6. The summed E-state index contributed by atoms with van der Waals surface area (Å²) in [6, 6.07) is 4.08. The Morgan fingerprint density at radius 2 is 2.00 bits per heavy atom. The van der Waals surface area contributed by atoms with Crippen LogP contribution >= 0.6 is 0 Å². The topological polar surface area (TPSA) is 87.4 Å². The Balaban J connectivity index is 3.14. The Morgan fingerprint density at radius 1 is 1.36 bits per heavy atom. The summed E-state index contributed by atoms with van der Waals surface area (Å²) in [6.07, 6.45) is 1.60. The van der Waals surface area contributed by atoms with Gasteiger partial charge in [-0.15, -0.1) is 0 Å². The van der Waals surface area contributed by atoms with Gasteiger partial charge in [-0.25, -0.2) is 0 Å². The number of nitrogens with zero attached hydrogens (tertiary/aromatic N) is 3. The van der Waals surface area contributed by atoms with Gasteiger partial charge in [0, 0.05) is 31.1 Å². The quantitative estimate of drug-likeness (QED) is 0.520. The van der Waals surface area contributed by atoms with Crippen LogP contribution in [0.25, 0.3) is 6.08 Å². The molecule has 0 spiro atoms. The molecule has 1 heterocycles. The van der Waals surface area contributed by atoms with Crippen LogP contribution < -0.4 is 5.32 Å². The average molecular weight is 389 g/mol. The third-order valence-electron chi connectivity index (χ3n) is 4.48. The van der Waals surface area contributed by atoms with Crippen molar-refractivity contribution in [3.63, 3.8) is 0 Å². The van der Waals surface area contributed by atoms with Gasteiger partial charge >= 0.3 is 0 Å². The number of carbonyl (C=O) groups is 2. The second kappa shape index (κ2) is 10.7. The minimum absolute atomic E-state index is 0.00762. The van der Waals surface area contributed by atoms with E-state index in [2.05, 4.69) is 16.8 Å². The van der Waals surface area contributed by atoms with Crippen molar-refractivity contribution in [3.05, 3.63) is 28.6 Å². The first-order valence-corrected chi connectivity index (χ1v) is 9.53. The lowest BCUT2D eigenvalue weighted by atomic mass is 10.1. The molecule has 0 radical (unpaired) electrons. The highest BCUT2D eigenvalue weighted by molar-refractivity contribution is 6.03. The van der Waals surface area contributed by atoms with E-state index >= 15 is 0 Å². The van der Waals surface area contributed by atoms with Crippen LogP contribution in [0.4, 0.5) is 0 Å². The van der Waals surface area contributed by atoms with Crippen LogP contribution in [0.5, 0.6) is 0 Å². The Morgan fingerprint density at radius 3 is 2.50 bits per heavy atom. The van der Waals surface area contributed by atoms with Gasteiger partial charge in [0.25, 0.3) is 5.91 Å². The van der Waals surface area contributed by atoms with Crippen LogP contribution in [-0.4, -0.2) is 54.1 Å². The summed E-state index contributed by atoms with van der Waals surface area (Å²) in [4.78, 5) is 26.2. The minimum atomic E-state index is -0.446. The third kappa shape index (κ3) is 5.96. The van der Waals surface area contributed by atoms with Crippen molar-refractivity contribution in [1.29, 1.82) is 5.26 Å². The van der Waals surface area contributed by atoms with Crippen molar-refractivity contribution in [2.75, 3.05) is 26.8 Å². The molecule has 2 amide bonds. The number of nitrogens with one attached hydrogen (secondary N) is 1. The van der Waals surface area contributed by atoms with Gasteiger partial charge in [0.15, 0.2) is 0 Å². The van der Waals surface area contributed by atoms with Crippen molar-refractivity contribution in [1.82, 2.24) is 14.8 Å². The summed E-state index contributed by atoms with van der Waals surface area (Å²) in [5, 5.41) is 12.3. The fourth-order valence-electron chi connectivity index (χ4n) is 3.28. The molecule has 1 rings (SSSR count). The van der Waals surface area contributed by atoms with E-state index in [-0.39, 0.29) is 30.1 Å². The Kier molecular flexibility index (Phi) is 8.93. The number of methoxy groups -OCH3 is 1. The first-order valence-electron chi connectivity index (χ1n) is 9.53. The van der Waals surface area contributed by atoms with Gasteiger partial charge in [0.2, 0.25) is 5.91 Å². The van der Waals surface area contributed by atoms with Crippen LogP contribution in [0.1, 0.15) is 50.7 Å². The predicted molar refractivity (Wildman–Crippen MR) is 110 cm³/mol. The van der Waals surface area contributed by atoms with E-state index in [0.717, 1.165) is 17.0 Å². The second-order valence-corrected chi connectivity index (χ2v) is 7.21. The summed E-state index contributed by atoms with van der Waals surface area (Å²) in [7, 11) is 1.66. The number of nitriles is 1. The van der Waals surface area contributed by atoms with Gasteiger partial charge in [-0.1, -0.05) is 0 Å². The van der Waals surface area contributed by atoms with Gasteiger partial charge in [-0.05, 0) is 59.2 Å². The number of likely N-dealkylation sites (N-methyl/N-ethyl adjacent to an activating group) is 1. The number of rotatable bonds is 9. The molecule has 7 nitrogen and oxygen atoms in total. The number of carbonyl (C=O) groups excluding carboxylic acids is 2. The lowest BCUT2D eigenvalue weighted by molar-refractivity contribution is -0.132. The van der Waals surface area contributed by atoms with E-state index < -0.39 is 5.91 Å². The second-order valence-electron chi connectivity index (χ2n) is 7.21. The highest BCUT2D eigenvalue weighted by Gasteiger charge is 2.21. The van der Waals surface area contributed by atoms with Crippen LogP contribution in [0, 0.1) is 25.2 Å². The standard InChI is InChI=1S/C21H32N4O3/c1-8-24(12-20(26)23-14(2)3)21(27)19(11-22)10-18-9-15(4)25(17(18)6)16(5)13-28-7/h9-10,14,16H,8,12-13H2,1-7H3,(H,23,26)/b19-10+. The Hall–Kier alpha value is -2.59. The zero-order chi connectivity index (χ0) is 21.4. The average Bonchev–Trinajstić information content (AvgIpc) is 2.89. The van der Waals surface area contributed by atoms with Crippen molar-refractivity contribution in [2.45, 2.75) is 53.6 Å². The lowest BCUT2D eigenvalue weighted by Crippen LogP contribution is -2.43. The van der Waals surface area contributed by atoms with E-state index in [9.17, 15) is 14.9 Å². The van der Waals surface area contributed by atoms with E-state index in [4.69, 9.17) is 4.74 Å². The lowest BCUT2D eigenvalue weighted by Gasteiger charge is -2.20. The number of amides is 2. The van der Waals surface area contributed by atoms with Crippen molar-refractivity contribution in [3.8, 4) is 6.07 Å². The molecular weight excluding hydrogens is 356 g/mol. The fourth-order valence-corrected chi connectivity index (χ4v) is 3.28. The number of hydrogen-bond donors (Lipinski definition) is 1. The molecular formula is C21H32N4O3. The summed E-state index contributed by atoms with van der Waals surface area (Å²) in [6.45, 7) is 12.3. The maximum absolute atomic E-state index is 12.8. The molecule has 0 aliphatic carbocycles. The van der Waals surface area contributed by atoms with Gasteiger partial charge in [0.1, 0.15) is 11.6 Å². The molecule has 0 fully saturated rings. The smallest absolute Gasteiger partial charge is 0.264 e. The highest BCUT2D eigenvalue weighted by Crippen LogP contribution is 2.23. The number of aromatic nitrogens is 1. The van der Waals surface area contributed by atoms with Crippen molar-refractivity contribution in [2.24, 2.45) is 0 Å². The van der Waals surface area contributed by atoms with E-state index in [1.54, 1.807) is 20.1 Å². The summed E-state index contributed by atoms with van der Waals surface area (Å²) < 4.78 is 7.37. The molecule has 0 bridgehead atoms. The van der Waals surface area contributed by atoms with Crippen molar-refractivity contribution < 1.29 is 14.3 Å². The molecule has 1 atom stereocenters. The Labute approximate surface area is 168 Å². The maximum Gasteiger partial charge on any atom is 0.264 e. The molecule has 0 saturated carbocycles. The van der Waals surface area contributed by atoms with Crippen molar-refractivity contribution >= 4 is 17.9 Å². The maximum atomic E-state index is 12.8. The van der Waals surface area contributed by atoms with Crippen LogP contribution in [0.2, 0.25) is 0 Å². The van der Waals surface area contributed by atoms with E-state index in [1.807, 2.05) is 39.8 Å². The zero-order valence-corrected chi connectivity index (χ0v) is 18.0. The largest absolute Gasteiger partial charge is 0.383 e.